The number of halogens is 1. The van der Waals surface area contributed by atoms with Gasteiger partial charge < -0.3 is 15.1 Å². The van der Waals surface area contributed by atoms with Crippen LogP contribution in [-0.2, 0) is 12.2 Å². The SMILES string of the molecule is CC(C)(F)c1cncc(CNCCCNC(=O)c2cccc(C=O)c2)c1.Cc1ccccc1.Cc1coc(C2CCCN2C)n1. The van der Waals surface area contributed by atoms with Gasteiger partial charge in [0.05, 0.1) is 11.7 Å². The number of rotatable bonds is 10. The predicted octanol–water partition coefficient (Wildman–Crippen LogP) is 6.75. The third-order valence-corrected chi connectivity index (χ3v) is 7.29. The van der Waals surface area contributed by atoms with Gasteiger partial charge in [-0.1, -0.05) is 48.0 Å². The van der Waals surface area contributed by atoms with Crippen LogP contribution in [0.25, 0.3) is 0 Å². The summed E-state index contributed by atoms with van der Waals surface area (Å²) < 4.78 is 19.3. The lowest BCUT2D eigenvalue weighted by Gasteiger charge is -2.15. The number of pyridine rings is 1. The molecule has 3 heterocycles. The molecule has 1 aliphatic rings. The maximum absolute atomic E-state index is 13.9. The number of carbonyl (C=O) groups excluding carboxylic acids is 2. The number of aldehydes is 1. The number of oxazole rings is 1. The number of aromatic nitrogens is 2. The Morgan fingerprint density at radius 3 is 2.47 bits per heavy atom. The molecule has 1 fully saturated rings. The summed E-state index contributed by atoms with van der Waals surface area (Å²) in [5.41, 5.74) is 3.32. The van der Waals surface area contributed by atoms with Crippen molar-refractivity contribution in [2.24, 2.45) is 0 Å². The van der Waals surface area contributed by atoms with E-state index in [1.165, 1.54) is 32.3 Å². The highest BCUT2D eigenvalue weighted by atomic mass is 19.1. The topological polar surface area (TPSA) is 100 Å². The summed E-state index contributed by atoms with van der Waals surface area (Å²) in [4.78, 5) is 33.5. The minimum atomic E-state index is -1.41. The second-order valence-electron chi connectivity index (χ2n) is 11.7. The Bertz CT molecular complexity index is 1470. The van der Waals surface area contributed by atoms with E-state index in [0.717, 1.165) is 30.1 Å². The summed E-state index contributed by atoms with van der Waals surface area (Å²) in [5, 5.41) is 6.07. The van der Waals surface area contributed by atoms with Crippen LogP contribution in [0.4, 0.5) is 4.39 Å². The zero-order valence-corrected chi connectivity index (χ0v) is 27.1. The molecule has 0 bridgehead atoms. The van der Waals surface area contributed by atoms with Crippen LogP contribution in [0.15, 0.2) is 83.7 Å². The summed E-state index contributed by atoms with van der Waals surface area (Å²) in [5.74, 6) is 0.684. The molecule has 1 unspecified atom stereocenters. The molecular weight excluding hydrogens is 569 g/mol. The molecule has 1 atom stereocenters. The molecule has 0 aliphatic carbocycles. The molecule has 8 nitrogen and oxygen atoms in total. The van der Waals surface area contributed by atoms with Crippen LogP contribution >= 0.6 is 0 Å². The Morgan fingerprint density at radius 1 is 1.09 bits per heavy atom. The van der Waals surface area contributed by atoms with E-state index in [4.69, 9.17) is 4.42 Å². The molecule has 1 amide bonds. The standard InChI is InChI=1S/C20H24FN3O2.C9H14N2O.C7H8/c1-20(2,21)18-10-16(12-23-13-18)11-22-7-4-8-24-19(26)17-6-3-5-15(9-17)14-25;1-7-6-12-9(10-7)8-4-3-5-11(8)2;1-7-5-3-2-4-6-7/h3,5-6,9-10,12-14,22H,4,7-8,11H2,1-2H3,(H,24,26);6,8H,3-5H2,1-2H3;2-6H,1H3. The summed E-state index contributed by atoms with van der Waals surface area (Å²) in [6.07, 6.45) is 8.87. The van der Waals surface area contributed by atoms with Crippen molar-refractivity contribution in [3.8, 4) is 0 Å². The molecule has 5 rings (SSSR count). The third-order valence-electron chi connectivity index (χ3n) is 7.29. The van der Waals surface area contributed by atoms with Crippen LogP contribution in [0.2, 0.25) is 0 Å². The zero-order chi connectivity index (χ0) is 32.7. The van der Waals surface area contributed by atoms with E-state index in [1.54, 1.807) is 42.9 Å². The molecule has 1 saturated heterocycles. The number of alkyl halides is 1. The lowest BCUT2D eigenvalue weighted by molar-refractivity contribution is 0.0953. The maximum atomic E-state index is 13.9. The smallest absolute Gasteiger partial charge is 0.251 e. The first kappa shape index (κ1) is 35.3. The maximum Gasteiger partial charge on any atom is 0.251 e. The van der Waals surface area contributed by atoms with E-state index in [-0.39, 0.29) is 5.91 Å². The lowest BCUT2D eigenvalue weighted by atomic mass is 10.0. The van der Waals surface area contributed by atoms with Gasteiger partial charge in [-0.25, -0.2) is 9.37 Å². The van der Waals surface area contributed by atoms with E-state index in [0.29, 0.717) is 48.7 Å². The number of aryl methyl sites for hydroxylation is 2. The first-order valence-corrected chi connectivity index (χ1v) is 15.4. The fraction of sp³-hybridized carbons (Fsp3) is 0.389. The van der Waals surface area contributed by atoms with Gasteiger partial charge in [0.25, 0.3) is 5.91 Å². The minimum absolute atomic E-state index is 0.198. The van der Waals surface area contributed by atoms with Crippen LogP contribution in [0.3, 0.4) is 0 Å². The first-order valence-electron chi connectivity index (χ1n) is 15.4. The van der Waals surface area contributed by atoms with Crippen molar-refractivity contribution in [3.63, 3.8) is 0 Å². The van der Waals surface area contributed by atoms with Crippen molar-refractivity contribution in [2.45, 2.75) is 65.2 Å². The molecule has 2 aromatic carbocycles. The Morgan fingerprint density at radius 2 is 1.87 bits per heavy atom. The van der Waals surface area contributed by atoms with Crippen LogP contribution in [0.5, 0.6) is 0 Å². The first-order chi connectivity index (χ1) is 21.6. The highest BCUT2D eigenvalue weighted by Crippen LogP contribution is 2.29. The number of hydrogen-bond acceptors (Lipinski definition) is 7. The monoisotopic (exact) mass is 615 g/mol. The predicted molar refractivity (Wildman–Crippen MR) is 176 cm³/mol. The molecule has 0 saturated carbocycles. The van der Waals surface area contributed by atoms with Gasteiger partial charge in [0, 0.05) is 42.2 Å². The largest absolute Gasteiger partial charge is 0.447 e. The molecule has 4 aromatic rings. The number of hydrogen-bond donors (Lipinski definition) is 2. The summed E-state index contributed by atoms with van der Waals surface area (Å²) in [6, 6.07) is 19.1. The Hall–Kier alpha value is -4.21. The van der Waals surface area contributed by atoms with Crippen molar-refractivity contribution in [3.05, 3.63) is 119 Å². The van der Waals surface area contributed by atoms with Crippen molar-refractivity contribution >= 4 is 12.2 Å². The van der Waals surface area contributed by atoms with E-state index < -0.39 is 5.67 Å². The Kier molecular flexibility index (Phi) is 14.1. The molecule has 2 aromatic heterocycles. The third kappa shape index (κ3) is 12.4. The van der Waals surface area contributed by atoms with E-state index in [2.05, 4.69) is 51.6 Å². The van der Waals surface area contributed by atoms with Crippen LogP contribution < -0.4 is 10.6 Å². The van der Waals surface area contributed by atoms with Gasteiger partial charge in [0.2, 0.25) is 5.89 Å². The second kappa shape index (κ2) is 17.9. The molecule has 240 valence electrons. The van der Waals surface area contributed by atoms with Crippen LogP contribution in [0, 0.1) is 13.8 Å². The van der Waals surface area contributed by atoms with Gasteiger partial charge in [-0.05, 0) is 90.9 Å². The van der Waals surface area contributed by atoms with Crippen LogP contribution in [0.1, 0.15) is 88.1 Å². The summed E-state index contributed by atoms with van der Waals surface area (Å²) in [7, 11) is 2.12. The van der Waals surface area contributed by atoms with Crippen LogP contribution in [-0.4, -0.2) is 53.7 Å². The molecule has 2 N–H and O–H groups in total. The van der Waals surface area contributed by atoms with E-state index in [1.807, 2.05) is 31.2 Å². The molecule has 0 radical (unpaired) electrons. The van der Waals surface area contributed by atoms with E-state index in [9.17, 15) is 14.0 Å². The highest BCUT2D eigenvalue weighted by molar-refractivity contribution is 5.95. The number of nitrogens with zero attached hydrogens (tertiary/aromatic N) is 3. The second-order valence-corrected chi connectivity index (χ2v) is 11.7. The van der Waals surface area contributed by atoms with Gasteiger partial charge in [-0.15, -0.1) is 0 Å². The lowest BCUT2D eigenvalue weighted by Crippen LogP contribution is -2.27. The number of benzene rings is 2. The van der Waals surface area contributed by atoms with Gasteiger partial charge >= 0.3 is 0 Å². The van der Waals surface area contributed by atoms with Gasteiger partial charge in [-0.3, -0.25) is 19.5 Å². The van der Waals surface area contributed by atoms with Crippen molar-refractivity contribution in [2.75, 3.05) is 26.7 Å². The van der Waals surface area contributed by atoms with Gasteiger partial charge in [-0.2, -0.15) is 0 Å². The molecule has 0 spiro atoms. The van der Waals surface area contributed by atoms with Gasteiger partial charge in [0.1, 0.15) is 18.2 Å². The molecule has 1 aliphatic heterocycles. The van der Waals surface area contributed by atoms with E-state index >= 15 is 0 Å². The van der Waals surface area contributed by atoms with Crippen molar-refractivity contribution < 1.29 is 18.4 Å². The molecule has 45 heavy (non-hydrogen) atoms. The number of amides is 1. The van der Waals surface area contributed by atoms with Gasteiger partial charge in [0.15, 0.2) is 0 Å². The normalized spacial score (nSPS) is 14.5. The zero-order valence-electron chi connectivity index (χ0n) is 27.1. The van der Waals surface area contributed by atoms with Crippen molar-refractivity contribution in [1.29, 1.82) is 0 Å². The summed E-state index contributed by atoms with van der Waals surface area (Å²) >= 11 is 0. The number of likely N-dealkylation sites (tertiary alicyclic amines) is 1. The Balaban J connectivity index is 0.000000235. The minimum Gasteiger partial charge on any atom is -0.447 e. The molecular formula is C36H46FN5O3. The quantitative estimate of drug-likeness (QED) is 0.150. The fourth-order valence-electron chi connectivity index (χ4n) is 4.69. The Labute approximate surface area is 266 Å². The average molecular weight is 616 g/mol. The fourth-order valence-corrected chi connectivity index (χ4v) is 4.69. The highest BCUT2D eigenvalue weighted by Gasteiger charge is 2.26. The summed E-state index contributed by atoms with van der Waals surface area (Å²) in [6.45, 7) is 10.0. The molecule has 9 heteroatoms. The van der Waals surface area contributed by atoms with Crippen molar-refractivity contribution in [1.82, 2.24) is 25.5 Å². The number of carbonyl (C=O) groups is 2. The number of nitrogens with one attached hydrogen (secondary N) is 2. The average Bonchev–Trinajstić information content (AvgIpc) is 3.67.